The standard InChI is InChI=1S/C16H21N3O2/c20-15(11-6-7-11)18-9-10-19-16(21)13-3-1-5-14-12(13)4-2-8-17-14/h1,3,5,11,17H,2,4,6-10H2,(H,18,20)(H,19,21). The molecule has 1 aliphatic heterocycles. The van der Waals surface area contributed by atoms with E-state index in [1.807, 2.05) is 18.2 Å². The first-order valence-electron chi connectivity index (χ1n) is 7.67. The van der Waals surface area contributed by atoms with Crippen molar-refractivity contribution in [1.82, 2.24) is 10.6 Å². The van der Waals surface area contributed by atoms with Crippen LogP contribution in [-0.2, 0) is 11.2 Å². The van der Waals surface area contributed by atoms with E-state index in [0.717, 1.165) is 49.0 Å². The summed E-state index contributed by atoms with van der Waals surface area (Å²) >= 11 is 0. The maximum atomic E-state index is 12.3. The van der Waals surface area contributed by atoms with Crippen LogP contribution in [0, 0.1) is 5.92 Å². The van der Waals surface area contributed by atoms with Crippen LogP contribution in [0.3, 0.4) is 0 Å². The molecular weight excluding hydrogens is 266 g/mol. The number of fused-ring (bicyclic) bond motifs is 1. The Morgan fingerprint density at radius 2 is 2.00 bits per heavy atom. The van der Waals surface area contributed by atoms with Gasteiger partial charge in [-0.05, 0) is 43.4 Å². The van der Waals surface area contributed by atoms with Gasteiger partial charge in [-0.1, -0.05) is 6.07 Å². The van der Waals surface area contributed by atoms with Crippen molar-refractivity contribution in [2.45, 2.75) is 25.7 Å². The number of hydrogen-bond acceptors (Lipinski definition) is 3. The number of anilines is 1. The molecular formula is C16H21N3O2. The molecule has 1 heterocycles. The van der Waals surface area contributed by atoms with Crippen molar-refractivity contribution in [3.05, 3.63) is 29.3 Å². The summed E-state index contributed by atoms with van der Waals surface area (Å²) in [4.78, 5) is 23.7. The van der Waals surface area contributed by atoms with Gasteiger partial charge in [-0.25, -0.2) is 0 Å². The number of amides is 2. The van der Waals surface area contributed by atoms with Crippen molar-refractivity contribution in [3.8, 4) is 0 Å². The highest BCUT2D eigenvalue weighted by Gasteiger charge is 2.29. The Hall–Kier alpha value is -2.04. The Morgan fingerprint density at radius 3 is 2.81 bits per heavy atom. The van der Waals surface area contributed by atoms with Crippen molar-refractivity contribution < 1.29 is 9.59 Å². The fourth-order valence-corrected chi connectivity index (χ4v) is 2.67. The van der Waals surface area contributed by atoms with Crippen molar-refractivity contribution in [2.75, 3.05) is 25.0 Å². The van der Waals surface area contributed by atoms with E-state index < -0.39 is 0 Å². The summed E-state index contributed by atoms with van der Waals surface area (Å²) in [6.45, 7) is 1.92. The number of hydrogen-bond donors (Lipinski definition) is 3. The molecule has 3 N–H and O–H groups in total. The van der Waals surface area contributed by atoms with E-state index in [0.29, 0.717) is 13.1 Å². The van der Waals surface area contributed by atoms with Gasteiger partial charge in [-0.15, -0.1) is 0 Å². The van der Waals surface area contributed by atoms with Crippen LogP contribution in [0.25, 0.3) is 0 Å². The van der Waals surface area contributed by atoms with Gasteiger partial charge in [0.1, 0.15) is 0 Å². The molecule has 1 fully saturated rings. The minimum Gasteiger partial charge on any atom is -0.385 e. The average Bonchev–Trinajstić information content (AvgIpc) is 3.35. The summed E-state index contributed by atoms with van der Waals surface area (Å²) in [5, 5.41) is 9.05. The monoisotopic (exact) mass is 287 g/mol. The Morgan fingerprint density at radius 1 is 1.19 bits per heavy atom. The molecule has 1 aromatic carbocycles. The minimum absolute atomic E-state index is 0.0591. The molecule has 1 aliphatic carbocycles. The largest absolute Gasteiger partial charge is 0.385 e. The lowest BCUT2D eigenvalue weighted by molar-refractivity contribution is -0.122. The van der Waals surface area contributed by atoms with Crippen LogP contribution in [0.15, 0.2) is 18.2 Å². The van der Waals surface area contributed by atoms with Crippen molar-refractivity contribution in [3.63, 3.8) is 0 Å². The second-order valence-electron chi connectivity index (χ2n) is 5.68. The SMILES string of the molecule is O=C(NCCNC(=O)C1CC1)c1cccc2c1CCCN2. The lowest BCUT2D eigenvalue weighted by atomic mass is 9.97. The summed E-state index contributed by atoms with van der Waals surface area (Å²) in [5.74, 6) is 0.273. The zero-order valence-electron chi connectivity index (χ0n) is 12.1. The van der Waals surface area contributed by atoms with Gasteiger partial charge in [-0.2, -0.15) is 0 Å². The third-order valence-corrected chi connectivity index (χ3v) is 4.00. The number of rotatable bonds is 5. The van der Waals surface area contributed by atoms with E-state index in [1.54, 1.807) is 0 Å². The van der Waals surface area contributed by atoms with Crippen LogP contribution < -0.4 is 16.0 Å². The Bertz CT molecular complexity index is 552. The smallest absolute Gasteiger partial charge is 0.251 e. The summed E-state index contributed by atoms with van der Waals surface area (Å²) in [7, 11) is 0. The number of benzene rings is 1. The minimum atomic E-state index is -0.0591. The molecule has 0 bridgehead atoms. The molecule has 3 rings (SSSR count). The molecule has 0 saturated heterocycles. The van der Waals surface area contributed by atoms with Gasteiger partial charge in [0.2, 0.25) is 5.91 Å². The third-order valence-electron chi connectivity index (χ3n) is 4.00. The fourth-order valence-electron chi connectivity index (χ4n) is 2.67. The van der Waals surface area contributed by atoms with Crippen molar-refractivity contribution in [2.24, 2.45) is 5.92 Å². The molecule has 0 aromatic heterocycles. The first-order valence-corrected chi connectivity index (χ1v) is 7.67. The first kappa shape index (κ1) is 13.9. The van der Waals surface area contributed by atoms with Gasteiger partial charge < -0.3 is 16.0 Å². The zero-order chi connectivity index (χ0) is 14.7. The molecule has 2 aliphatic rings. The van der Waals surface area contributed by atoms with Gasteiger partial charge in [-0.3, -0.25) is 9.59 Å². The Balaban J connectivity index is 1.52. The molecule has 1 saturated carbocycles. The van der Waals surface area contributed by atoms with Crippen LogP contribution in [0.2, 0.25) is 0 Å². The summed E-state index contributed by atoms with van der Waals surface area (Å²) in [6, 6.07) is 5.78. The average molecular weight is 287 g/mol. The van der Waals surface area contributed by atoms with Gasteiger partial charge in [0.15, 0.2) is 0 Å². The lowest BCUT2D eigenvalue weighted by Gasteiger charge is -2.20. The second kappa shape index (κ2) is 6.16. The predicted octanol–water partition coefficient (Wildman–Crippen LogP) is 1.30. The third kappa shape index (κ3) is 3.35. The predicted molar refractivity (Wildman–Crippen MR) is 81.3 cm³/mol. The van der Waals surface area contributed by atoms with Crippen molar-refractivity contribution >= 4 is 17.5 Å². The topological polar surface area (TPSA) is 70.2 Å². The maximum absolute atomic E-state index is 12.3. The van der Waals surface area contributed by atoms with E-state index in [-0.39, 0.29) is 17.7 Å². The highest BCUT2D eigenvalue weighted by Crippen LogP contribution is 2.28. The van der Waals surface area contributed by atoms with E-state index in [1.165, 1.54) is 0 Å². The molecule has 0 radical (unpaired) electrons. The Labute approximate surface area is 124 Å². The number of carbonyl (C=O) groups excluding carboxylic acids is 2. The van der Waals surface area contributed by atoms with Crippen LogP contribution in [0.4, 0.5) is 5.69 Å². The lowest BCUT2D eigenvalue weighted by Crippen LogP contribution is -2.35. The molecule has 0 unspecified atom stereocenters. The summed E-state index contributed by atoms with van der Waals surface area (Å²) in [6.07, 6.45) is 3.99. The van der Waals surface area contributed by atoms with Gasteiger partial charge in [0.05, 0.1) is 0 Å². The highest BCUT2D eigenvalue weighted by molar-refractivity contribution is 5.97. The van der Waals surface area contributed by atoms with E-state index in [2.05, 4.69) is 16.0 Å². The normalized spacial score (nSPS) is 16.6. The molecule has 5 nitrogen and oxygen atoms in total. The second-order valence-corrected chi connectivity index (χ2v) is 5.68. The van der Waals surface area contributed by atoms with Crippen LogP contribution in [0.5, 0.6) is 0 Å². The van der Waals surface area contributed by atoms with E-state index in [9.17, 15) is 9.59 Å². The van der Waals surface area contributed by atoms with Gasteiger partial charge in [0.25, 0.3) is 5.91 Å². The molecule has 21 heavy (non-hydrogen) atoms. The molecule has 2 amide bonds. The molecule has 112 valence electrons. The molecule has 0 spiro atoms. The molecule has 1 aromatic rings. The van der Waals surface area contributed by atoms with Gasteiger partial charge in [0, 0.05) is 36.8 Å². The number of carbonyl (C=O) groups is 2. The van der Waals surface area contributed by atoms with E-state index >= 15 is 0 Å². The van der Waals surface area contributed by atoms with Crippen LogP contribution in [0.1, 0.15) is 35.2 Å². The quantitative estimate of drug-likeness (QED) is 0.715. The Kier molecular flexibility index (Phi) is 4.08. The van der Waals surface area contributed by atoms with Gasteiger partial charge >= 0.3 is 0 Å². The first-order chi connectivity index (χ1) is 10.3. The van der Waals surface area contributed by atoms with Crippen molar-refractivity contribution in [1.29, 1.82) is 0 Å². The molecule has 5 heteroatoms. The number of nitrogens with one attached hydrogen (secondary N) is 3. The highest BCUT2D eigenvalue weighted by atomic mass is 16.2. The summed E-state index contributed by atoms with van der Waals surface area (Å²) in [5.41, 5.74) is 2.91. The van der Waals surface area contributed by atoms with Crippen LogP contribution >= 0.6 is 0 Å². The zero-order valence-corrected chi connectivity index (χ0v) is 12.1. The summed E-state index contributed by atoms with van der Waals surface area (Å²) < 4.78 is 0. The van der Waals surface area contributed by atoms with Crippen LogP contribution in [-0.4, -0.2) is 31.4 Å². The fraction of sp³-hybridized carbons (Fsp3) is 0.500. The van der Waals surface area contributed by atoms with E-state index in [4.69, 9.17) is 0 Å². The maximum Gasteiger partial charge on any atom is 0.251 e. The molecule has 0 atom stereocenters.